The number of aryl methyl sites for hydroxylation is 1. The van der Waals surface area contributed by atoms with Crippen molar-refractivity contribution in [3.63, 3.8) is 0 Å². The molecule has 2 aromatic rings. The number of benzene rings is 2. The molecule has 0 saturated carbocycles. The molecule has 1 heterocycles. The average molecular weight is 352 g/mol. The number of morpholine rings is 1. The van der Waals surface area contributed by atoms with Crippen LogP contribution in [-0.4, -0.2) is 43.7 Å². The van der Waals surface area contributed by atoms with E-state index < -0.39 is 0 Å². The van der Waals surface area contributed by atoms with Gasteiger partial charge in [-0.3, -0.25) is 9.89 Å². The predicted octanol–water partition coefficient (Wildman–Crippen LogP) is 3.05. The molecule has 1 aliphatic rings. The molecule has 138 valence electrons. The first-order chi connectivity index (χ1) is 12.8. The van der Waals surface area contributed by atoms with E-state index in [4.69, 9.17) is 10.5 Å². The van der Waals surface area contributed by atoms with E-state index in [9.17, 15) is 0 Å². The molecule has 1 saturated heterocycles. The molecule has 5 heteroatoms. The summed E-state index contributed by atoms with van der Waals surface area (Å²) in [6.07, 6.45) is 1.000. The number of nitrogens with two attached hydrogens (primary N) is 1. The van der Waals surface area contributed by atoms with Crippen LogP contribution < -0.4 is 11.1 Å². The lowest BCUT2D eigenvalue weighted by atomic mass is 10.1. The minimum atomic E-state index is 0.211. The van der Waals surface area contributed by atoms with E-state index in [0.717, 1.165) is 38.4 Å². The Morgan fingerprint density at radius 1 is 1.15 bits per heavy atom. The summed E-state index contributed by atoms with van der Waals surface area (Å²) < 4.78 is 5.50. The quantitative estimate of drug-likeness (QED) is 0.620. The summed E-state index contributed by atoms with van der Waals surface area (Å²) >= 11 is 0. The van der Waals surface area contributed by atoms with Gasteiger partial charge in [0.1, 0.15) is 0 Å². The molecule has 5 nitrogen and oxygen atoms in total. The minimum Gasteiger partial charge on any atom is -0.379 e. The third-order valence-corrected chi connectivity index (χ3v) is 4.71. The van der Waals surface area contributed by atoms with E-state index in [1.807, 2.05) is 18.2 Å². The maximum atomic E-state index is 6.15. The second-order valence-corrected chi connectivity index (χ2v) is 6.48. The fraction of sp³-hybridized carbons (Fsp3) is 0.381. The third-order valence-electron chi connectivity index (χ3n) is 4.71. The van der Waals surface area contributed by atoms with Gasteiger partial charge in [-0.1, -0.05) is 49.4 Å². The van der Waals surface area contributed by atoms with E-state index >= 15 is 0 Å². The van der Waals surface area contributed by atoms with Crippen LogP contribution in [0.25, 0.3) is 0 Å². The van der Waals surface area contributed by atoms with Gasteiger partial charge in [-0.2, -0.15) is 0 Å². The monoisotopic (exact) mass is 352 g/mol. The van der Waals surface area contributed by atoms with Crippen molar-refractivity contribution in [3.8, 4) is 0 Å². The highest BCUT2D eigenvalue weighted by molar-refractivity contribution is 5.92. The normalized spacial score (nSPS) is 17.0. The first-order valence-electron chi connectivity index (χ1n) is 9.29. The lowest BCUT2D eigenvalue weighted by molar-refractivity contribution is 0.0180. The molecule has 0 radical (unpaired) electrons. The minimum absolute atomic E-state index is 0.211. The van der Waals surface area contributed by atoms with Gasteiger partial charge in [-0.05, 0) is 29.7 Å². The molecule has 0 aliphatic carbocycles. The number of rotatable bonds is 6. The largest absolute Gasteiger partial charge is 0.379 e. The Morgan fingerprint density at radius 2 is 1.92 bits per heavy atom. The number of hydrogen-bond acceptors (Lipinski definition) is 3. The Labute approximate surface area is 155 Å². The summed E-state index contributed by atoms with van der Waals surface area (Å²) in [5.41, 5.74) is 9.67. The van der Waals surface area contributed by atoms with Crippen LogP contribution in [0.5, 0.6) is 0 Å². The first kappa shape index (κ1) is 18.4. The zero-order valence-electron chi connectivity index (χ0n) is 15.4. The summed E-state index contributed by atoms with van der Waals surface area (Å²) in [5.74, 6) is 0.451. The third kappa shape index (κ3) is 5.07. The Hall–Kier alpha value is -2.37. The van der Waals surface area contributed by atoms with E-state index in [0.29, 0.717) is 12.5 Å². The fourth-order valence-electron chi connectivity index (χ4n) is 3.24. The second kappa shape index (κ2) is 9.36. The van der Waals surface area contributed by atoms with Crippen LogP contribution in [0.2, 0.25) is 0 Å². The smallest absolute Gasteiger partial charge is 0.193 e. The number of nitrogens with one attached hydrogen (secondary N) is 1. The number of nitrogens with zero attached hydrogens (tertiary/aromatic N) is 2. The fourth-order valence-corrected chi connectivity index (χ4v) is 3.24. The molecular weight excluding hydrogens is 324 g/mol. The molecule has 3 N–H and O–H groups in total. The van der Waals surface area contributed by atoms with Crippen LogP contribution in [0.1, 0.15) is 24.1 Å². The van der Waals surface area contributed by atoms with Gasteiger partial charge in [0.15, 0.2) is 5.96 Å². The van der Waals surface area contributed by atoms with E-state index in [1.54, 1.807) is 0 Å². The van der Waals surface area contributed by atoms with Gasteiger partial charge in [0, 0.05) is 18.8 Å². The summed E-state index contributed by atoms with van der Waals surface area (Å²) in [5, 5.41) is 3.21. The summed E-state index contributed by atoms with van der Waals surface area (Å²) in [4.78, 5) is 7.05. The number of anilines is 1. The molecule has 1 fully saturated rings. The standard InChI is InChI=1S/C21H28N4O/c1-2-17-7-6-10-19(15-17)24-21(22)23-16-20(18-8-4-3-5-9-18)25-11-13-26-14-12-25/h3-10,15,20H,2,11-14,16H2,1H3,(H3,22,23,24). The molecule has 2 aromatic carbocycles. The maximum Gasteiger partial charge on any atom is 0.193 e. The number of guanidine groups is 1. The van der Waals surface area contributed by atoms with Crippen LogP contribution in [0, 0.1) is 0 Å². The first-order valence-corrected chi connectivity index (χ1v) is 9.29. The van der Waals surface area contributed by atoms with E-state index in [1.165, 1.54) is 11.1 Å². The zero-order chi connectivity index (χ0) is 18.2. The molecule has 0 amide bonds. The molecule has 1 aliphatic heterocycles. The van der Waals surface area contributed by atoms with Crippen LogP contribution in [0.15, 0.2) is 59.6 Å². The zero-order valence-corrected chi connectivity index (χ0v) is 15.4. The van der Waals surface area contributed by atoms with Crippen LogP contribution in [0.3, 0.4) is 0 Å². The SMILES string of the molecule is CCc1cccc(NC(N)=NCC(c2ccccc2)N2CCOCC2)c1. The summed E-state index contributed by atoms with van der Waals surface area (Å²) in [6.45, 7) is 6.14. The van der Waals surface area contributed by atoms with Crippen molar-refractivity contribution in [1.29, 1.82) is 0 Å². The van der Waals surface area contributed by atoms with Gasteiger partial charge < -0.3 is 15.8 Å². The molecule has 1 unspecified atom stereocenters. The lowest BCUT2D eigenvalue weighted by Crippen LogP contribution is -2.40. The van der Waals surface area contributed by atoms with Crippen molar-refractivity contribution < 1.29 is 4.74 Å². The second-order valence-electron chi connectivity index (χ2n) is 6.48. The topological polar surface area (TPSA) is 62.9 Å². The maximum absolute atomic E-state index is 6.15. The number of aliphatic imine (C=N–C) groups is 1. The molecule has 0 spiro atoms. The van der Waals surface area contributed by atoms with E-state index in [2.05, 4.69) is 58.5 Å². The number of ether oxygens (including phenoxy) is 1. The Balaban J connectivity index is 1.70. The van der Waals surface area contributed by atoms with Crippen molar-refractivity contribution in [2.24, 2.45) is 10.7 Å². The van der Waals surface area contributed by atoms with Crippen molar-refractivity contribution in [1.82, 2.24) is 4.90 Å². The molecule has 0 aromatic heterocycles. The van der Waals surface area contributed by atoms with Gasteiger partial charge in [-0.15, -0.1) is 0 Å². The molecule has 26 heavy (non-hydrogen) atoms. The van der Waals surface area contributed by atoms with Gasteiger partial charge in [0.05, 0.1) is 25.8 Å². The van der Waals surface area contributed by atoms with Crippen LogP contribution in [0.4, 0.5) is 5.69 Å². The van der Waals surface area contributed by atoms with Crippen LogP contribution >= 0.6 is 0 Å². The molecular formula is C21H28N4O. The number of hydrogen-bond donors (Lipinski definition) is 2. The molecule has 0 bridgehead atoms. The van der Waals surface area contributed by atoms with Gasteiger partial charge >= 0.3 is 0 Å². The predicted molar refractivity (Wildman–Crippen MR) is 108 cm³/mol. The lowest BCUT2D eigenvalue weighted by Gasteiger charge is -2.34. The summed E-state index contributed by atoms with van der Waals surface area (Å²) in [6, 6.07) is 19.0. The Morgan fingerprint density at radius 3 is 2.65 bits per heavy atom. The van der Waals surface area contributed by atoms with Crippen molar-refractivity contribution in [2.45, 2.75) is 19.4 Å². The molecule has 1 atom stereocenters. The van der Waals surface area contributed by atoms with Crippen LogP contribution in [-0.2, 0) is 11.2 Å². The van der Waals surface area contributed by atoms with Crippen molar-refractivity contribution in [2.75, 3.05) is 38.2 Å². The average Bonchev–Trinajstić information content (AvgIpc) is 2.70. The van der Waals surface area contributed by atoms with Crippen molar-refractivity contribution in [3.05, 3.63) is 65.7 Å². The molecule has 3 rings (SSSR count). The summed E-state index contributed by atoms with van der Waals surface area (Å²) in [7, 11) is 0. The van der Waals surface area contributed by atoms with Gasteiger partial charge in [0.25, 0.3) is 0 Å². The van der Waals surface area contributed by atoms with Gasteiger partial charge in [0.2, 0.25) is 0 Å². The Bertz CT molecular complexity index is 711. The Kier molecular flexibility index (Phi) is 6.63. The van der Waals surface area contributed by atoms with E-state index in [-0.39, 0.29) is 6.04 Å². The van der Waals surface area contributed by atoms with Gasteiger partial charge in [-0.25, -0.2) is 0 Å². The highest BCUT2D eigenvalue weighted by atomic mass is 16.5. The highest BCUT2D eigenvalue weighted by Crippen LogP contribution is 2.22. The van der Waals surface area contributed by atoms with Crippen molar-refractivity contribution >= 4 is 11.6 Å². The highest BCUT2D eigenvalue weighted by Gasteiger charge is 2.22.